The summed E-state index contributed by atoms with van der Waals surface area (Å²) >= 11 is 0. The van der Waals surface area contributed by atoms with Gasteiger partial charge in [0.2, 0.25) is 0 Å². The highest BCUT2D eigenvalue weighted by atomic mass is 16.7. The first-order valence-electron chi connectivity index (χ1n) is 7.08. The van der Waals surface area contributed by atoms with E-state index in [-0.39, 0.29) is 24.8 Å². The van der Waals surface area contributed by atoms with Crippen molar-refractivity contribution in [3.63, 3.8) is 0 Å². The van der Waals surface area contributed by atoms with Crippen LogP contribution in [-0.2, 0) is 19.1 Å². The van der Waals surface area contributed by atoms with Crippen LogP contribution in [0, 0.1) is 0 Å². The zero-order valence-electron chi connectivity index (χ0n) is 13.2. The van der Waals surface area contributed by atoms with Crippen molar-refractivity contribution in [2.45, 2.75) is 66.6 Å². The minimum atomic E-state index is -0.915. The van der Waals surface area contributed by atoms with Crippen molar-refractivity contribution in [2.24, 2.45) is 0 Å². The number of carbonyl (C=O) groups excluding carboxylic acids is 2. The maximum Gasteiger partial charge on any atom is 0.308 e. The molecule has 0 amide bonds. The second-order valence-electron chi connectivity index (χ2n) is 4.89. The summed E-state index contributed by atoms with van der Waals surface area (Å²) in [5.41, 5.74) is 2.30. The van der Waals surface area contributed by atoms with Crippen LogP contribution in [0.3, 0.4) is 0 Å². The summed E-state index contributed by atoms with van der Waals surface area (Å²) in [6.45, 7) is 9.44. The second kappa shape index (κ2) is 10.2. The third-order valence-electron chi connectivity index (χ3n) is 2.58. The molecule has 114 valence electrons. The van der Waals surface area contributed by atoms with E-state index in [1.54, 1.807) is 19.9 Å². The Morgan fingerprint density at radius 1 is 1.00 bits per heavy atom. The molecule has 0 heterocycles. The van der Waals surface area contributed by atoms with Crippen molar-refractivity contribution in [3.05, 3.63) is 23.3 Å². The van der Waals surface area contributed by atoms with Crippen LogP contribution < -0.4 is 0 Å². The summed E-state index contributed by atoms with van der Waals surface area (Å²) in [7, 11) is 0. The van der Waals surface area contributed by atoms with Crippen molar-refractivity contribution in [2.75, 3.05) is 0 Å². The standard InChI is InChI=1S/C16H26O4/c1-6-14(17)19-16(20-15(18)7-2)11-13(5)10-8-9-12(3)4/h9,11,16H,6-8,10H2,1-5H3/b13-11+. The van der Waals surface area contributed by atoms with E-state index in [1.807, 2.05) is 20.8 Å². The molecule has 0 N–H and O–H groups in total. The van der Waals surface area contributed by atoms with E-state index in [4.69, 9.17) is 9.47 Å². The summed E-state index contributed by atoms with van der Waals surface area (Å²) in [6.07, 6.45) is 5.19. The first kappa shape index (κ1) is 18.4. The van der Waals surface area contributed by atoms with Gasteiger partial charge in [-0.2, -0.15) is 0 Å². The fourth-order valence-corrected chi connectivity index (χ4v) is 1.42. The maximum atomic E-state index is 11.3. The van der Waals surface area contributed by atoms with E-state index >= 15 is 0 Å². The Morgan fingerprint density at radius 3 is 1.90 bits per heavy atom. The molecule has 0 saturated heterocycles. The molecule has 0 aromatic rings. The van der Waals surface area contributed by atoms with Crippen molar-refractivity contribution in [3.8, 4) is 0 Å². The van der Waals surface area contributed by atoms with Gasteiger partial charge in [0.1, 0.15) is 0 Å². The van der Waals surface area contributed by atoms with E-state index in [0.717, 1.165) is 18.4 Å². The molecule has 0 aromatic carbocycles. The molecule has 4 heteroatoms. The molecule has 0 aliphatic rings. The molecule has 0 radical (unpaired) electrons. The Bertz CT molecular complexity index is 358. The first-order valence-corrected chi connectivity index (χ1v) is 7.08. The summed E-state index contributed by atoms with van der Waals surface area (Å²) in [4.78, 5) is 22.6. The third-order valence-corrected chi connectivity index (χ3v) is 2.58. The molecule has 0 aliphatic heterocycles. The van der Waals surface area contributed by atoms with Gasteiger partial charge in [-0.25, -0.2) is 0 Å². The highest BCUT2D eigenvalue weighted by molar-refractivity contribution is 5.71. The van der Waals surface area contributed by atoms with Gasteiger partial charge in [0.25, 0.3) is 6.29 Å². The smallest absolute Gasteiger partial charge is 0.308 e. The van der Waals surface area contributed by atoms with Crippen molar-refractivity contribution >= 4 is 11.9 Å². The SMILES string of the molecule is CCC(=O)OC(/C=C(\C)CCC=C(C)C)OC(=O)CC. The predicted molar refractivity (Wildman–Crippen MR) is 79.0 cm³/mol. The average molecular weight is 282 g/mol. The van der Waals surface area contributed by atoms with Crippen molar-refractivity contribution < 1.29 is 19.1 Å². The van der Waals surface area contributed by atoms with Crippen LogP contribution in [-0.4, -0.2) is 18.2 Å². The van der Waals surface area contributed by atoms with E-state index in [2.05, 4.69) is 6.08 Å². The summed E-state index contributed by atoms with van der Waals surface area (Å²) in [5.74, 6) is -0.764. The van der Waals surface area contributed by atoms with Gasteiger partial charge in [-0.15, -0.1) is 0 Å². The van der Waals surface area contributed by atoms with Gasteiger partial charge >= 0.3 is 11.9 Å². The molecule has 4 nitrogen and oxygen atoms in total. The fraction of sp³-hybridized carbons (Fsp3) is 0.625. The molecular formula is C16H26O4. The highest BCUT2D eigenvalue weighted by Gasteiger charge is 2.15. The Kier molecular flexibility index (Phi) is 9.43. The lowest BCUT2D eigenvalue weighted by molar-refractivity contribution is -0.179. The minimum absolute atomic E-state index is 0.255. The normalized spacial score (nSPS) is 11.2. The minimum Gasteiger partial charge on any atom is -0.421 e. The van der Waals surface area contributed by atoms with Gasteiger partial charge in [0, 0.05) is 12.8 Å². The molecule has 0 saturated carbocycles. The molecule has 0 aliphatic carbocycles. The van der Waals surface area contributed by atoms with Crippen LogP contribution >= 0.6 is 0 Å². The van der Waals surface area contributed by atoms with Crippen molar-refractivity contribution in [1.82, 2.24) is 0 Å². The monoisotopic (exact) mass is 282 g/mol. The molecule has 0 aromatic heterocycles. The summed E-state index contributed by atoms with van der Waals surface area (Å²) in [5, 5.41) is 0. The number of carbonyl (C=O) groups is 2. The van der Waals surface area contributed by atoms with Gasteiger partial charge in [-0.1, -0.05) is 31.1 Å². The second-order valence-corrected chi connectivity index (χ2v) is 4.89. The topological polar surface area (TPSA) is 52.6 Å². The van der Waals surface area contributed by atoms with Gasteiger partial charge in [0.05, 0.1) is 0 Å². The lowest BCUT2D eigenvalue weighted by Gasteiger charge is -2.15. The highest BCUT2D eigenvalue weighted by Crippen LogP contribution is 2.11. The average Bonchev–Trinajstić information content (AvgIpc) is 2.37. The molecule has 0 unspecified atom stereocenters. The Morgan fingerprint density at radius 2 is 1.50 bits per heavy atom. The van der Waals surface area contributed by atoms with E-state index in [1.165, 1.54) is 5.57 Å². The zero-order valence-corrected chi connectivity index (χ0v) is 13.2. The largest absolute Gasteiger partial charge is 0.421 e. The van der Waals surface area contributed by atoms with E-state index in [9.17, 15) is 9.59 Å². The van der Waals surface area contributed by atoms with Crippen LogP contribution in [0.2, 0.25) is 0 Å². The number of esters is 2. The van der Waals surface area contributed by atoms with Gasteiger partial charge in [-0.05, 0) is 39.7 Å². The molecule has 0 spiro atoms. The molecule has 20 heavy (non-hydrogen) atoms. The lowest BCUT2D eigenvalue weighted by Crippen LogP contribution is -2.22. The lowest BCUT2D eigenvalue weighted by atomic mass is 10.1. The van der Waals surface area contributed by atoms with Gasteiger partial charge in [0.15, 0.2) is 0 Å². The van der Waals surface area contributed by atoms with Crippen LogP contribution in [0.5, 0.6) is 0 Å². The Hall–Kier alpha value is -1.58. The maximum absolute atomic E-state index is 11.3. The molecule has 0 rings (SSSR count). The molecule has 0 fully saturated rings. The number of ether oxygens (including phenoxy) is 2. The zero-order chi connectivity index (χ0) is 15.5. The predicted octanol–water partition coefficient (Wildman–Crippen LogP) is 3.91. The number of hydrogen-bond acceptors (Lipinski definition) is 4. The number of allylic oxidation sites excluding steroid dienone is 3. The quantitative estimate of drug-likeness (QED) is 0.385. The van der Waals surface area contributed by atoms with Gasteiger partial charge < -0.3 is 9.47 Å². The molecule has 0 bridgehead atoms. The van der Waals surface area contributed by atoms with Crippen molar-refractivity contribution in [1.29, 1.82) is 0 Å². The van der Waals surface area contributed by atoms with E-state index < -0.39 is 6.29 Å². The van der Waals surface area contributed by atoms with Crippen LogP contribution in [0.15, 0.2) is 23.3 Å². The third kappa shape index (κ3) is 9.36. The fourth-order valence-electron chi connectivity index (χ4n) is 1.42. The Labute approximate surface area is 121 Å². The van der Waals surface area contributed by atoms with Crippen LogP contribution in [0.1, 0.15) is 60.3 Å². The number of rotatable bonds is 8. The van der Waals surface area contributed by atoms with Crippen LogP contribution in [0.25, 0.3) is 0 Å². The van der Waals surface area contributed by atoms with E-state index in [0.29, 0.717) is 0 Å². The summed E-state index contributed by atoms with van der Waals surface area (Å²) in [6, 6.07) is 0. The Balaban J connectivity index is 4.62. The van der Waals surface area contributed by atoms with Crippen LogP contribution in [0.4, 0.5) is 0 Å². The van der Waals surface area contributed by atoms with Gasteiger partial charge in [-0.3, -0.25) is 9.59 Å². The molecule has 0 atom stereocenters. The number of hydrogen-bond donors (Lipinski definition) is 0. The summed E-state index contributed by atoms with van der Waals surface area (Å²) < 4.78 is 10.2. The first-order chi connectivity index (χ1) is 9.38. The molecular weight excluding hydrogens is 256 g/mol.